The van der Waals surface area contributed by atoms with Gasteiger partial charge in [0.2, 0.25) is 0 Å². The molecule has 1 fully saturated rings. The van der Waals surface area contributed by atoms with E-state index in [0.717, 1.165) is 17.5 Å². The van der Waals surface area contributed by atoms with Crippen LogP contribution in [0.3, 0.4) is 0 Å². The molecule has 130 valence electrons. The minimum atomic E-state index is 0.491. The van der Waals surface area contributed by atoms with E-state index in [1.165, 1.54) is 35.6 Å². The number of fused-ring (bicyclic) bond motifs is 2. The van der Waals surface area contributed by atoms with Crippen molar-refractivity contribution in [3.8, 4) is 0 Å². The van der Waals surface area contributed by atoms with Crippen molar-refractivity contribution in [3.63, 3.8) is 0 Å². The molecule has 3 aromatic heterocycles. The highest BCUT2D eigenvalue weighted by molar-refractivity contribution is 6.33. The molecule has 0 N–H and O–H groups in total. The predicted molar refractivity (Wildman–Crippen MR) is 104 cm³/mol. The lowest BCUT2D eigenvalue weighted by Gasteiger charge is -2.14. The van der Waals surface area contributed by atoms with Crippen molar-refractivity contribution in [2.24, 2.45) is 5.92 Å². The van der Waals surface area contributed by atoms with E-state index < -0.39 is 0 Å². The van der Waals surface area contributed by atoms with Crippen molar-refractivity contribution < 1.29 is 0 Å². The zero-order valence-electron chi connectivity index (χ0n) is 14.3. The standard InChI is InChI=1S/C21H19ClN4/c22-20-19-6-8-26(21(19)25-13-24-20)18-4-2-15(11-18)9-14-1-3-16-5-7-23-12-17(16)10-14/h1,3,5-8,10,12-13,15,18H,2,4,9,11H2. The van der Waals surface area contributed by atoms with E-state index in [9.17, 15) is 0 Å². The number of hydrogen-bond acceptors (Lipinski definition) is 3. The van der Waals surface area contributed by atoms with Gasteiger partial charge in [0.25, 0.3) is 0 Å². The summed E-state index contributed by atoms with van der Waals surface area (Å²) in [7, 11) is 0. The Morgan fingerprint density at radius 2 is 2.04 bits per heavy atom. The molecule has 2 atom stereocenters. The van der Waals surface area contributed by atoms with E-state index in [1.807, 2.05) is 18.5 Å². The summed E-state index contributed by atoms with van der Waals surface area (Å²) in [6, 6.07) is 11.3. The number of hydrogen-bond donors (Lipinski definition) is 0. The number of pyridine rings is 1. The molecule has 4 aromatic rings. The van der Waals surface area contributed by atoms with Gasteiger partial charge in [-0.1, -0.05) is 23.7 Å². The van der Waals surface area contributed by atoms with E-state index >= 15 is 0 Å². The molecule has 0 amide bonds. The van der Waals surface area contributed by atoms with Gasteiger partial charge in [0.1, 0.15) is 17.1 Å². The molecular weight excluding hydrogens is 344 g/mol. The molecule has 26 heavy (non-hydrogen) atoms. The van der Waals surface area contributed by atoms with Crippen molar-refractivity contribution in [2.45, 2.75) is 31.7 Å². The molecule has 2 unspecified atom stereocenters. The SMILES string of the molecule is Clc1ncnc2c1ccn2C1CCC(Cc2ccc3ccncc3c2)C1. The van der Waals surface area contributed by atoms with Crippen LogP contribution in [0.5, 0.6) is 0 Å². The van der Waals surface area contributed by atoms with E-state index in [-0.39, 0.29) is 0 Å². The predicted octanol–water partition coefficient (Wildman–Crippen LogP) is 5.22. The first-order valence-electron chi connectivity index (χ1n) is 9.07. The van der Waals surface area contributed by atoms with Gasteiger partial charge < -0.3 is 4.57 Å². The Balaban J connectivity index is 1.35. The minimum Gasteiger partial charge on any atom is -0.329 e. The molecule has 4 nitrogen and oxygen atoms in total. The van der Waals surface area contributed by atoms with Gasteiger partial charge in [-0.05, 0) is 60.7 Å². The number of rotatable bonds is 3. The minimum absolute atomic E-state index is 0.491. The van der Waals surface area contributed by atoms with Gasteiger partial charge in [0.05, 0.1) is 5.39 Å². The van der Waals surface area contributed by atoms with Gasteiger partial charge in [0, 0.05) is 30.0 Å². The molecule has 0 saturated heterocycles. The summed E-state index contributed by atoms with van der Waals surface area (Å²) in [5.41, 5.74) is 2.35. The van der Waals surface area contributed by atoms with Gasteiger partial charge in [0.15, 0.2) is 0 Å². The Hall–Kier alpha value is -2.46. The van der Waals surface area contributed by atoms with Crippen LogP contribution in [0.2, 0.25) is 5.15 Å². The summed E-state index contributed by atoms with van der Waals surface area (Å²) in [5, 5.41) is 3.96. The molecular formula is C21H19ClN4. The monoisotopic (exact) mass is 362 g/mol. The Morgan fingerprint density at radius 3 is 3.00 bits per heavy atom. The maximum Gasteiger partial charge on any atom is 0.145 e. The summed E-state index contributed by atoms with van der Waals surface area (Å²) in [5.74, 6) is 0.698. The van der Waals surface area contributed by atoms with Crippen molar-refractivity contribution in [1.82, 2.24) is 19.5 Å². The van der Waals surface area contributed by atoms with Gasteiger partial charge >= 0.3 is 0 Å². The molecule has 1 aliphatic rings. The first-order valence-corrected chi connectivity index (χ1v) is 9.45. The summed E-state index contributed by atoms with van der Waals surface area (Å²) in [6.07, 6.45) is 12.2. The quantitative estimate of drug-likeness (QED) is 0.469. The number of nitrogens with zero attached hydrogens (tertiary/aromatic N) is 4. The average molecular weight is 363 g/mol. The van der Waals surface area contributed by atoms with Gasteiger partial charge in [-0.2, -0.15) is 0 Å². The molecule has 1 aliphatic carbocycles. The molecule has 3 heterocycles. The van der Waals surface area contributed by atoms with Crippen LogP contribution in [0.1, 0.15) is 30.9 Å². The lowest BCUT2D eigenvalue weighted by Crippen LogP contribution is -2.06. The molecule has 0 aliphatic heterocycles. The first-order chi connectivity index (χ1) is 12.8. The Labute approximate surface area is 156 Å². The highest BCUT2D eigenvalue weighted by atomic mass is 35.5. The average Bonchev–Trinajstić information content (AvgIpc) is 3.29. The highest BCUT2D eigenvalue weighted by Crippen LogP contribution is 2.38. The van der Waals surface area contributed by atoms with E-state index in [2.05, 4.69) is 50.0 Å². The zero-order chi connectivity index (χ0) is 17.5. The van der Waals surface area contributed by atoms with E-state index in [4.69, 9.17) is 11.6 Å². The van der Waals surface area contributed by atoms with Crippen molar-refractivity contribution in [2.75, 3.05) is 0 Å². The summed E-state index contributed by atoms with van der Waals surface area (Å²) in [6.45, 7) is 0. The highest BCUT2D eigenvalue weighted by Gasteiger charge is 2.27. The summed E-state index contributed by atoms with van der Waals surface area (Å²) in [4.78, 5) is 12.8. The van der Waals surface area contributed by atoms with Crippen LogP contribution in [-0.2, 0) is 6.42 Å². The van der Waals surface area contributed by atoms with Crippen molar-refractivity contribution in [3.05, 3.63) is 66.0 Å². The fourth-order valence-corrected chi connectivity index (χ4v) is 4.51. The number of benzene rings is 1. The maximum absolute atomic E-state index is 6.19. The lowest BCUT2D eigenvalue weighted by molar-refractivity contribution is 0.483. The molecule has 1 saturated carbocycles. The topological polar surface area (TPSA) is 43.6 Å². The van der Waals surface area contributed by atoms with Crippen LogP contribution in [0, 0.1) is 5.92 Å². The first kappa shape index (κ1) is 15.8. The van der Waals surface area contributed by atoms with Gasteiger partial charge in [-0.25, -0.2) is 9.97 Å². The largest absolute Gasteiger partial charge is 0.329 e. The molecule has 1 aromatic carbocycles. The maximum atomic E-state index is 6.19. The third kappa shape index (κ3) is 2.74. The van der Waals surface area contributed by atoms with Crippen LogP contribution >= 0.6 is 11.6 Å². The molecule has 5 heteroatoms. The fraction of sp³-hybridized carbons (Fsp3) is 0.286. The third-order valence-corrected chi connectivity index (χ3v) is 5.90. The van der Waals surface area contributed by atoms with Crippen LogP contribution in [0.4, 0.5) is 0 Å². The van der Waals surface area contributed by atoms with Crippen molar-refractivity contribution >= 4 is 33.4 Å². The zero-order valence-corrected chi connectivity index (χ0v) is 15.1. The Bertz CT molecular complexity index is 1090. The normalized spacial score (nSPS) is 20.2. The second-order valence-corrected chi connectivity index (χ2v) is 7.58. The van der Waals surface area contributed by atoms with Crippen LogP contribution in [0.25, 0.3) is 21.8 Å². The molecule has 0 spiro atoms. The van der Waals surface area contributed by atoms with Crippen molar-refractivity contribution in [1.29, 1.82) is 0 Å². The summed E-state index contributed by atoms with van der Waals surface area (Å²) >= 11 is 6.19. The van der Waals surface area contributed by atoms with E-state index in [1.54, 1.807) is 6.33 Å². The Kier molecular flexibility index (Phi) is 3.86. The van der Waals surface area contributed by atoms with E-state index in [0.29, 0.717) is 17.1 Å². The summed E-state index contributed by atoms with van der Waals surface area (Å²) < 4.78 is 2.28. The second-order valence-electron chi connectivity index (χ2n) is 7.22. The van der Waals surface area contributed by atoms with Crippen LogP contribution < -0.4 is 0 Å². The van der Waals surface area contributed by atoms with Crippen LogP contribution in [-0.4, -0.2) is 19.5 Å². The van der Waals surface area contributed by atoms with Gasteiger partial charge in [-0.3, -0.25) is 4.98 Å². The fourth-order valence-electron chi connectivity index (χ4n) is 4.32. The third-order valence-electron chi connectivity index (χ3n) is 5.60. The number of aromatic nitrogens is 4. The Morgan fingerprint density at radius 1 is 1.08 bits per heavy atom. The molecule has 5 rings (SSSR count). The van der Waals surface area contributed by atoms with Crippen LogP contribution in [0.15, 0.2) is 55.2 Å². The lowest BCUT2D eigenvalue weighted by atomic mass is 9.96. The second kappa shape index (κ2) is 6.36. The smallest absolute Gasteiger partial charge is 0.145 e. The van der Waals surface area contributed by atoms with Gasteiger partial charge in [-0.15, -0.1) is 0 Å². The molecule has 0 radical (unpaired) electrons. The molecule has 0 bridgehead atoms. The number of halogens is 1.